The summed E-state index contributed by atoms with van der Waals surface area (Å²) in [6, 6.07) is 21.1. The molecule has 1 aliphatic heterocycles. The minimum absolute atomic E-state index is 0.300. The number of benzene rings is 2. The van der Waals surface area contributed by atoms with Crippen molar-refractivity contribution in [2.24, 2.45) is 4.99 Å². The summed E-state index contributed by atoms with van der Waals surface area (Å²) >= 11 is 1.92. The molecule has 2 aromatic rings. The second kappa shape index (κ2) is 10.1. The second-order valence-electron chi connectivity index (χ2n) is 6.31. The van der Waals surface area contributed by atoms with Gasteiger partial charge in [0.25, 0.3) is 0 Å². The molecule has 0 saturated carbocycles. The molecule has 6 heteroatoms. The van der Waals surface area contributed by atoms with Crippen LogP contribution in [0, 0.1) is 0 Å². The van der Waals surface area contributed by atoms with Crippen LogP contribution < -0.4 is 0 Å². The van der Waals surface area contributed by atoms with E-state index in [9.17, 15) is 4.79 Å². The number of thioether (sulfide) groups is 1. The number of hydrogen-bond donors (Lipinski definition) is 1. The third-order valence-electron chi connectivity index (χ3n) is 4.32. The monoisotopic (exact) mass is 384 g/mol. The van der Waals surface area contributed by atoms with Crippen LogP contribution in [-0.4, -0.2) is 60.4 Å². The zero-order valence-electron chi connectivity index (χ0n) is 15.2. The lowest BCUT2D eigenvalue weighted by Gasteiger charge is -2.26. The van der Waals surface area contributed by atoms with Gasteiger partial charge in [0.05, 0.1) is 18.3 Å². The molecule has 0 atom stereocenters. The third kappa shape index (κ3) is 6.12. The Bertz CT molecular complexity index is 713. The van der Waals surface area contributed by atoms with Gasteiger partial charge < -0.3 is 9.84 Å². The molecule has 1 aliphatic rings. The molecule has 1 heterocycles. The molecule has 0 fully saturated rings. The number of aliphatic carboxylic acids is 1. The van der Waals surface area contributed by atoms with Crippen LogP contribution in [0.3, 0.4) is 0 Å². The minimum Gasteiger partial charge on any atom is -0.479 e. The van der Waals surface area contributed by atoms with Crippen LogP contribution in [0.25, 0.3) is 0 Å². The molecule has 0 amide bonds. The van der Waals surface area contributed by atoms with E-state index in [-0.39, 0.29) is 6.61 Å². The zero-order chi connectivity index (χ0) is 18.9. The van der Waals surface area contributed by atoms with Gasteiger partial charge in [-0.1, -0.05) is 60.7 Å². The standard InChI is InChI=1S/C21H24N2O3S/c24-20(25)16-26-19-15-23(12-11-22-19)13-14-27-21(17-7-3-1-4-8-17)18-9-5-2-6-10-18/h1-10,21H,11-16H2,(H,24,25). The predicted molar refractivity (Wildman–Crippen MR) is 110 cm³/mol. The first-order valence-corrected chi connectivity index (χ1v) is 10.1. The maximum atomic E-state index is 10.6. The Hall–Kier alpha value is -2.31. The molecule has 0 aliphatic carbocycles. The smallest absolute Gasteiger partial charge is 0.341 e. The van der Waals surface area contributed by atoms with E-state index in [1.807, 2.05) is 23.9 Å². The summed E-state index contributed by atoms with van der Waals surface area (Å²) in [5.74, 6) is 0.524. The maximum Gasteiger partial charge on any atom is 0.341 e. The fourth-order valence-corrected chi connectivity index (χ4v) is 4.30. The molecule has 0 bridgehead atoms. The van der Waals surface area contributed by atoms with Gasteiger partial charge in [0, 0.05) is 18.8 Å². The quantitative estimate of drug-likeness (QED) is 0.756. The van der Waals surface area contributed by atoms with Crippen molar-refractivity contribution in [2.75, 3.05) is 38.5 Å². The molecule has 1 N–H and O–H groups in total. The minimum atomic E-state index is -0.973. The number of carboxylic acid groups (broad SMARTS) is 1. The zero-order valence-corrected chi connectivity index (χ0v) is 16.0. The lowest BCUT2D eigenvalue weighted by atomic mass is 10.0. The van der Waals surface area contributed by atoms with Gasteiger partial charge in [0.2, 0.25) is 0 Å². The summed E-state index contributed by atoms with van der Waals surface area (Å²) in [4.78, 5) is 17.2. The van der Waals surface area contributed by atoms with Crippen LogP contribution in [-0.2, 0) is 9.53 Å². The molecular formula is C21H24N2O3S. The number of hydrogen-bond acceptors (Lipinski definition) is 5. The molecule has 5 nitrogen and oxygen atoms in total. The van der Waals surface area contributed by atoms with Gasteiger partial charge >= 0.3 is 5.97 Å². The summed E-state index contributed by atoms with van der Waals surface area (Å²) in [6.07, 6.45) is 0. The van der Waals surface area contributed by atoms with Crippen LogP contribution >= 0.6 is 11.8 Å². The molecule has 0 unspecified atom stereocenters. The Morgan fingerprint density at radius 2 is 1.74 bits per heavy atom. The van der Waals surface area contributed by atoms with Crippen LogP contribution in [0.5, 0.6) is 0 Å². The molecule has 0 radical (unpaired) electrons. The largest absolute Gasteiger partial charge is 0.479 e. The molecule has 0 spiro atoms. The number of nitrogens with zero attached hydrogens (tertiary/aromatic N) is 2. The van der Waals surface area contributed by atoms with E-state index in [1.165, 1.54) is 11.1 Å². The first-order valence-electron chi connectivity index (χ1n) is 9.04. The average Bonchev–Trinajstić information content (AvgIpc) is 2.71. The van der Waals surface area contributed by atoms with E-state index in [0.29, 0.717) is 24.2 Å². The van der Waals surface area contributed by atoms with Crippen molar-refractivity contribution >= 4 is 23.6 Å². The summed E-state index contributed by atoms with van der Waals surface area (Å²) in [6.45, 7) is 2.69. The Kier molecular flexibility index (Phi) is 7.30. The van der Waals surface area contributed by atoms with Gasteiger partial charge in [0.1, 0.15) is 0 Å². The van der Waals surface area contributed by atoms with E-state index in [0.717, 1.165) is 18.8 Å². The first-order chi connectivity index (χ1) is 13.2. The average molecular weight is 385 g/mol. The lowest BCUT2D eigenvalue weighted by Crippen LogP contribution is -2.39. The Morgan fingerprint density at radius 1 is 1.11 bits per heavy atom. The van der Waals surface area contributed by atoms with E-state index in [1.54, 1.807) is 0 Å². The topological polar surface area (TPSA) is 62.1 Å². The molecule has 3 rings (SSSR count). The molecule has 2 aromatic carbocycles. The van der Waals surface area contributed by atoms with Gasteiger partial charge in [-0.15, -0.1) is 11.8 Å². The SMILES string of the molecule is O=C(O)COC1=NCCN(CCSC(c2ccccc2)c2ccccc2)C1. The highest BCUT2D eigenvalue weighted by molar-refractivity contribution is 7.99. The van der Waals surface area contributed by atoms with Gasteiger partial charge in [0.15, 0.2) is 12.5 Å². The van der Waals surface area contributed by atoms with Gasteiger partial charge in [-0.05, 0) is 11.1 Å². The van der Waals surface area contributed by atoms with Crippen molar-refractivity contribution < 1.29 is 14.6 Å². The fraction of sp³-hybridized carbons (Fsp3) is 0.333. The van der Waals surface area contributed by atoms with Crippen LogP contribution in [0.2, 0.25) is 0 Å². The Labute approximate surface area is 164 Å². The van der Waals surface area contributed by atoms with Crippen LogP contribution in [0.15, 0.2) is 65.7 Å². The highest BCUT2D eigenvalue weighted by Crippen LogP contribution is 2.35. The lowest BCUT2D eigenvalue weighted by molar-refractivity contribution is -0.139. The van der Waals surface area contributed by atoms with Crippen molar-refractivity contribution in [3.8, 4) is 0 Å². The van der Waals surface area contributed by atoms with E-state index in [2.05, 4.69) is 58.4 Å². The second-order valence-corrected chi connectivity index (χ2v) is 7.52. The summed E-state index contributed by atoms with van der Waals surface area (Å²) in [5.41, 5.74) is 2.61. The van der Waals surface area contributed by atoms with Crippen LogP contribution in [0.1, 0.15) is 16.4 Å². The van der Waals surface area contributed by atoms with Gasteiger partial charge in [-0.2, -0.15) is 0 Å². The number of rotatable bonds is 8. The van der Waals surface area contributed by atoms with E-state index >= 15 is 0 Å². The van der Waals surface area contributed by atoms with Crippen molar-refractivity contribution in [1.82, 2.24) is 4.90 Å². The fourth-order valence-electron chi connectivity index (χ4n) is 3.00. The van der Waals surface area contributed by atoms with E-state index in [4.69, 9.17) is 9.84 Å². The van der Waals surface area contributed by atoms with E-state index < -0.39 is 5.97 Å². The molecule has 0 aromatic heterocycles. The third-order valence-corrected chi connectivity index (χ3v) is 5.62. The highest BCUT2D eigenvalue weighted by atomic mass is 32.2. The van der Waals surface area contributed by atoms with Crippen molar-refractivity contribution in [3.05, 3.63) is 71.8 Å². The normalized spacial score (nSPS) is 14.8. The molecule has 27 heavy (non-hydrogen) atoms. The molecular weight excluding hydrogens is 360 g/mol. The van der Waals surface area contributed by atoms with Gasteiger partial charge in [-0.25, -0.2) is 4.79 Å². The molecule has 142 valence electrons. The predicted octanol–water partition coefficient (Wildman–Crippen LogP) is 3.32. The Morgan fingerprint density at radius 3 is 2.33 bits per heavy atom. The van der Waals surface area contributed by atoms with Crippen molar-refractivity contribution in [1.29, 1.82) is 0 Å². The number of ether oxygens (including phenoxy) is 1. The van der Waals surface area contributed by atoms with Crippen molar-refractivity contribution in [3.63, 3.8) is 0 Å². The van der Waals surface area contributed by atoms with Gasteiger partial charge in [-0.3, -0.25) is 9.89 Å². The highest BCUT2D eigenvalue weighted by Gasteiger charge is 2.18. The van der Waals surface area contributed by atoms with Crippen LogP contribution in [0.4, 0.5) is 0 Å². The van der Waals surface area contributed by atoms with Crippen molar-refractivity contribution in [2.45, 2.75) is 5.25 Å². The first kappa shape index (κ1) is 19.5. The number of carboxylic acids is 1. The maximum absolute atomic E-state index is 10.6. The summed E-state index contributed by atoms with van der Waals surface area (Å²) in [7, 11) is 0. The molecule has 0 saturated heterocycles. The number of carbonyl (C=O) groups is 1. The summed E-state index contributed by atoms with van der Waals surface area (Å²) < 4.78 is 5.24. The number of aliphatic imine (C=N–C) groups is 1. The summed E-state index contributed by atoms with van der Waals surface area (Å²) in [5, 5.41) is 9.03. The Balaban J connectivity index is 1.55.